The van der Waals surface area contributed by atoms with Crippen LogP contribution in [0.5, 0.6) is 0 Å². The average molecular weight is 420 g/mol. The van der Waals surface area contributed by atoms with Crippen LogP contribution in [0.1, 0.15) is 40.2 Å². The zero-order valence-corrected chi connectivity index (χ0v) is 18.8. The molecule has 2 aliphatic heterocycles. The smallest absolute Gasteiger partial charge is 0.337 e. The Morgan fingerprint density at radius 3 is 2.33 bits per heavy atom. The van der Waals surface area contributed by atoms with Gasteiger partial charge in [0.25, 0.3) is 0 Å². The first-order valence-electron chi connectivity index (χ1n) is 10.3. The fourth-order valence-electron chi connectivity index (χ4n) is 5.21. The van der Waals surface area contributed by atoms with Gasteiger partial charge in [0, 0.05) is 18.9 Å². The summed E-state index contributed by atoms with van der Waals surface area (Å²) in [6.45, 7) is 9.16. The lowest BCUT2D eigenvalue weighted by molar-refractivity contribution is -0.194. The van der Waals surface area contributed by atoms with Gasteiger partial charge in [0.15, 0.2) is 0 Å². The number of ether oxygens (including phenoxy) is 3. The summed E-state index contributed by atoms with van der Waals surface area (Å²) < 4.78 is 17.1. The molecule has 0 radical (unpaired) electrons. The van der Waals surface area contributed by atoms with E-state index in [-0.39, 0.29) is 5.91 Å². The number of amides is 1. The van der Waals surface area contributed by atoms with E-state index in [0.717, 1.165) is 5.56 Å². The summed E-state index contributed by atoms with van der Waals surface area (Å²) in [6, 6.07) is 9.54. The Balaban J connectivity index is 2.21. The van der Waals surface area contributed by atoms with Crippen LogP contribution in [-0.2, 0) is 30.2 Å². The Bertz CT molecular complexity index is 806. The fraction of sp³-hybridized carbons (Fsp3) is 0.652. The van der Waals surface area contributed by atoms with E-state index in [0.29, 0.717) is 6.42 Å². The number of rotatable bonds is 5. The number of methoxy groups -OCH3 is 2. The van der Waals surface area contributed by atoms with Gasteiger partial charge in [-0.1, -0.05) is 58.0 Å². The molecule has 0 saturated carbocycles. The molecule has 2 fully saturated rings. The normalized spacial score (nSPS) is 34.7. The van der Waals surface area contributed by atoms with Gasteiger partial charge in [0.1, 0.15) is 11.8 Å². The second-order valence-corrected chi connectivity index (χ2v) is 9.42. The molecule has 0 spiro atoms. The second-order valence-electron chi connectivity index (χ2n) is 9.42. The Hall–Kier alpha value is -1.96. The number of benzene rings is 1. The first-order chi connectivity index (χ1) is 14.0. The molecule has 7 nitrogen and oxygen atoms in total. The zero-order valence-electron chi connectivity index (χ0n) is 18.8. The molecule has 166 valence electrons. The first kappa shape index (κ1) is 22.7. The lowest BCUT2D eigenvalue weighted by atomic mass is 9.68. The summed E-state index contributed by atoms with van der Waals surface area (Å²) in [7, 11) is 2.75. The number of hydrogen-bond donors (Lipinski definition) is 1. The maximum absolute atomic E-state index is 13.5. The number of hydrogen-bond acceptors (Lipinski definition) is 6. The van der Waals surface area contributed by atoms with E-state index in [1.165, 1.54) is 19.1 Å². The Morgan fingerprint density at radius 2 is 1.83 bits per heavy atom. The van der Waals surface area contributed by atoms with Crippen LogP contribution in [0.3, 0.4) is 0 Å². The van der Waals surface area contributed by atoms with Gasteiger partial charge < -0.3 is 19.3 Å². The van der Waals surface area contributed by atoms with Crippen molar-refractivity contribution in [2.24, 2.45) is 11.3 Å². The van der Waals surface area contributed by atoms with Gasteiger partial charge in [-0.3, -0.25) is 9.69 Å². The number of fused-ring (bicyclic) bond motifs is 1. The lowest BCUT2D eigenvalue weighted by Gasteiger charge is -2.46. The molecule has 6 atom stereocenters. The van der Waals surface area contributed by atoms with Crippen molar-refractivity contribution in [1.29, 1.82) is 0 Å². The zero-order chi connectivity index (χ0) is 22.5. The molecule has 0 unspecified atom stereocenters. The van der Waals surface area contributed by atoms with Crippen LogP contribution in [0.25, 0.3) is 0 Å². The number of carbonyl (C=O) groups is 2. The summed E-state index contributed by atoms with van der Waals surface area (Å²) in [5, 5.41) is 12.3. The van der Waals surface area contributed by atoms with E-state index in [4.69, 9.17) is 14.2 Å². The van der Waals surface area contributed by atoms with E-state index in [1.54, 1.807) is 13.8 Å². The van der Waals surface area contributed by atoms with Gasteiger partial charge in [0.05, 0.1) is 25.2 Å². The predicted octanol–water partition coefficient (Wildman–Crippen LogP) is 2.16. The molecule has 30 heavy (non-hydrogen) atoms. The van der Waals surface area contributed by atoms with Gasteiger partial charge in [0.2, 0.25) is 11.4 Å². The molecule has 7 heteroatoms. The van der Waals surface area contributed by atoms with Crippen molar-refractivity contribution in [3.05, 3.63) is 35.9 Å². The van der Waals surface area contributed by atoms with Gasteiger partial charge in [-0.2, -0.15) is 0 Å². The second kappa shape index (κ2) is 7.62. The highest BCUT2D eigenvalue weighted by molar-refractivity contribution is 5.97. The number of aliphatic hydroxyl groups is 1. The van der Waals surface area contributed by atoms with Crippen LogP contribution in [-0.4, -0.2) is 65.7 Å². The number of carbonyl (C=O) groups excluding carboxylic acids is 2. The van der Waals surface area contributed by atoms with Crippen LogP contribution < -0.4 is 0 Å². The monoisotopic (exact) mass is 419 g/mol. The van der Waals surface area contributed by atoms with E-state index in [9.17, 15) is 14.7 Å². The van der Waals surface area contributed by atoms with E-state index >= 15 is 0 Å². The topological polar surface area (TPSA) is 85.3 Å². The quantitative estimate of drug-likeness (QED) is 0.736. The summed E-state index contributed by atoms with van der Waals surface area (Å²) in [5.74, 6) is -1.93. The molecule has 0 bridgehead atoms. The molecule has 1 N–H and O–H groups in total. The molecule has 1 aromatic rings. The molecule has 2 aliphatic rings. The van der Waals surface area contributed by atoms with Crippen molar-refractivity contribution in [2.45, 2.75) is 70.6 Å². The van der Waals surface area contributed by atoms with Crippen molar-refractivity contribution in [3.63, 3.8) is 0 Å². The predicted molar refractivity (Wildman–Crippen MR) is 110 cm³/mol. The third kappa shape index (κ3) is 2.90. The summed E-state index contributed by atoms with van der Waals surface area (Å²) in [6.07, 6.45) is -2.00. The average Bonchev–Trinajstić information content (AvgIpc) is 3.12. The molecule has 3 rings (SSSR count). The first-order valence-corrected chi connectivity index (χ1v) is 10.3. The van der Waals surface area contributed by atoms with Crippen LogP contribution in [0.15, 0.2) is 30.3 Å². The lowest BCUT2D eigenvalue weighted by Crippen LogP contribution is -2.72. The van der Waals surface area contributed by atoms with Crippen LogP contribution in [0.4, 0.5) is 0 Å². The minimum absolute atomic E-state index is 0.324. The SMILES string of the molecule is COC(=O)[C@]12[C@@H](C)O[C@H](C(C)(C)C)N1C(=O)[C@@H](C)[C@]2(O)[C@@H](Cc1ccccc1)OC. The highest BCUT2D eigenvalue weighted by Crippen LogP contribution is 2.56. The molecule has 1 amide bonds. The molecule has 1 aromatic carbocycles. The van der Waals surface area contributed by atoms with E-state index < -0.39 is 46.9 Å². The van der Waals surface area contributed by atoms with Gasteiger partial charge in [-0.15, -0.1) is 0 Å². The molecular weight excluding hydrogens is 386 g/mol. The number of nitrogens with zero attached hydrogens (tertiary/aromatic N) is 1. The van der Waals surface area contributed by atoms with Crippen molar-refractivity contribution in [3.8, 4) is 0 Å². The third-order valence-corrected chi connectivity index (χ3v) is 6.69. The van der Waals surface area contributed by atoms with Gasteiger partial charge in [-0.05, 0) is 12.5 Å². The van der Waals surface area contributed by atoms with Gasteiger partial charge in [-0.25, -0.2) is 4.79 Å². The fourth-order valence-corrected chi connectivity index (χ4v) is 5.21. The van der Waals surface area contributed by atoms with Gasteiger partial charge >= 0.3 is 5.97 Å². The maximum Gasteiger partial charge on any atom is 0.337 e. The Kier molecular flexibility index (Phi) is 5.77. The maximum atomic E-state index is 13.5. The van der Waals surface area contributed by atoms with Crippen molar-refractivity contribution < 1.29 is 28.9 Å². The molecule has 0 aliphatic carbocycles. The van der Waals surface area contributed by atoms with E-state index in [2.05, 4.69) is 0 Å². The van der Waals surface area contributed by atoms with Crippen LogP contribution in [0.2, 0.25) is 0 Å². The van der Waals surface area contributed by atoms with Crippen LogP contribution >= 0.6 is 0 Å². The highest BCUT2D eigenvalue weighted by atomic mass is 16.6. The Morgan fingerprint density at radius 1 is 1.23 bits per heavy atom. The van der Waals surface area contributed by atoms with Crippen molar-refractivity contribution >= 4 is 11.9 Å². The molecule has 2 heterocycles. The minimum Gasteiger partial charge on any atom is -0.467 e. The summed E-state index contributed by atoms with van der Waals surface area (Å²) >= 11 is 0. The van der Waals surface area contributed by atoms with Crippen molar-refractivity contribution in [2.75, 3.05) is 14.2 Å². The third-order valence-electron chi connectivity index (χ3n) is 6.69. The van der Waals surface area contributed by atoms with E-state index in [1.807, 2.05) is 51.1 Å². The summed E-state index contributed by atoms with van der Waals surface area (Å²) in [4.78, 5) is 28.3. The largest absolute Gasteiger partial charge is 0.467 e. The number of esters is 1. The standard InChI is InChI=1S/C23H33NO6/c1-14-18(25)24-19(21(3,4)5)30-15(2)22(24,20(26)29-7)23(14,27)17(28-6)13-16-11-9-8-10-12-16/h8-12,14-15,17,19,27H,13H2,1-7H3/t14-,15-,17-,19-,22+,23+/m1/s1. The van der Waals surface area contributed by atoms with Crippen molar-refractivity contribution in [1.82, 2.24) is 4.90 Å². The highest BCUT2D eigenvalue weighted by Gasteiger charge is 2.80. The molecule has 2 saturated heterocycles. The summed E-state index contributed by atoms with van der Waals surface area (Å²) in [5.41, 5.74) is -3.13. The molecule has 0 aromatic heterocycles. The molecular formula is C23H33NO6. The van der Waals surface area contributed by atoms with Crippen LogP contribution in [0, 0.1) is 11.3 Å². The Labute approximate surface area is 178 Å². The minimum atomic E-state index is -1.86.